The standard InChI is InChI=1S/Ir.O.2Ru. The van der Waals surface area contributed by atoms with Crippen LogP contribution in [0.2, 0.25) is 0 Å². The van der Waals surface area contributed by atoms with Crippen LogP contribution in [0.1, 0.15) is 0 Å². The van der Waals surface area contributed by atoms with Crippen LogP contribution >= 0.6 is 0 Å². The monoisotopic (exact) mass is 413 g/mol. The molecule has 4 heteroatoms. The Morgan fingerprint density at radius 3 is 1.00 bits per heavy atom. The molecule has 0 aliphatic carbocycles. The molecule has 0 aromatic rings. The second kappa shape index (κ2) is 22.3. The van der Waals surface area contributed by atoms with E-state index in [1.807, 2.05) is 0 Å². The van der Waals surface area contributed by atoms with Gasteiger partial charge in [0.15, 0.2) is 0 Å². The van der Waals surface area contributed by atoms with E-state index in [1.165, 1.54) is 0 Å². The predicted octanol–water partition coefficient (Wildman–Crippen LogP) is -0.126. The van der Waals surface area contributed by atoms with E-state index in [1.54, 1.807) is 0 Å². The molecule has 0 atom stereocenters. The molecule has 4 heavy (non-hydrogen) atoms. The van der Waals surface area contributed by atoms with Crippen molar-refractivity contribution in [3.05, 3.63) is 0 Å². The maximum atomic E-state index is 8.25. The molecule has 0 aliphatic heterocycles. The summed E-state index contributed by atoms with van der Waals surface area (Å²) in [7, 11) is 0. The fourth-order valence-corrected chi connectivity index (χ4v) is 0. The zero-order valence-electron chi connectivity index (χ0n) is 1.45. The van der Waals surface area contributed by atoms with Gasteiger partial charge < -0.3 is 0 Å². The second-order valence-electron chi connectivity index (χ2n) is 0. The number of hydrogen-bond acceptors (Lipinski definition) is 1. The number of hydrogen-bond donors (Lipinski definition) is 0. The Hall–Kier alpha value is 1.70. The van der Waals surface area contributed by atoms with Crippen molar-refractivity contribution in [1.82, 2.24) is 0 Å². The van der Waals surface area contributed by atoms with Gasteiger partial charge in [-0.25, -0.2) is 0 Å². The van der Waals surface area contributed by atoms with Crippen LogP contribution in [-0.2, 0) is 61.3 Å². The summed E-state index contributed by atoms with van der Waals surface area (Å²) in [5, 5.41) is 0. The van der Waals surface area contributed by atoms with E-state index in [4.69, 9.17) is 3.50 Å². The Balaban J connectivity index is -0.00000000500. The van der Waals surface area contributed by atoms with E-state index in [0.29, 0.717) is 0 Å². The van der Waals surface area contributed by atoms with Gasteiger partial charge in [0.25, 0.3) is 0 Å². The Morgan fingerprint density at radius 2 is 1.00 bits per heavy atom. The normalized spacial score (nSPS) is 1.25. The molecule has 31 valence electrons. The zero-order valence-corrected chi connectivity index (χ0v) is 7.32. The first-order valence-corrected chi connectivity index (χ1v) is 1.11. The van der Waals surface area contributed by atoms with Gasteiger partial charge in [-0.1, -0.05) is 0 Å². The van der Waals surface area contributed by atoms with E-state index in [0.717, 1.165) is 18.9 Å². The molecule has 0 rings (SSSR count). The third kappa shape index (κ3) is 9.34. The number of rotatable bonds is 0. The average molecular weight is 410 g/mol. The van der Waals surface area contributed by atoms with Crippen LogP contribution in [0.4, 0.5) is 0 Å². The van der Waals surface area contributed by atoms with Crippen molar-refractivity contribution in [3.8, 4) is 0 Å². The van der Waals surface area contributed by atoms with Gasteiger partial charge in [0.1, 0.15) is 0 Å². The molecule has 0 aliphatic rings. The minimum absolute atomic E-state index is 0. The molecular formula is IrORu2. The Kier molecular flexibility index (Phi) is 96.3. The van der Waals surface area contributed by atoms with Crippen LogP contribution in [0.15, 0.2) is 0 Å². The van der Waals surface area contributed by atoms with Gasteiger partial charge in [-0.3, -0.25) is 0 Å². The summed E-state index contributed by atoms with van der Waals surface area (Å²) in [5.41, 5.74) is 0. The summed E-state index contributed by atoms with van der Waals surface area (Å²) in [6.45, 7) is 0. The Bertz CT molecular complexity index is 6.00. The van der Waals surface area contributed by atoms with Gasteiger partial charge in [-0.15, -0.1) is 0 Å². The molecule has 0 amide bonds. The molecule has 0 saturated carbocycles. The molecule has 0 aromatic carbocycles. The average Bonchev–Trinajstić information content (AvgIpc) is 1.00. The third-order valence-corrected chi connectivity index (χ3v) is 0. The summed E-state index contributed by atoms with van der Waals surface area (Å²) in [4.78, 5) is 0. The van der Waals surface area contributed by atoms with E-state index in [9.17, 15) is 0 Å². The van der Waals surface area contributed by atoms with Crippen molar-refractivity contribution in [2.75, 3.05) is 0 Å². The van der Waals surface area contributed by atoms with E-state index in [2.05, 4.69) is 0 Å². The van der Waals surface area contributed by atoms with Crippen molar-refractivity contribution < 1.29 is 61.3 Å². The maximum absolute atomic E-state index is 8.25. The van der Waals surface area contributed by atoms with Crippen LogP contribution in [0.25, 0.3) is 0 Å². The van der Waals surface area contributed by atoms with Crippen LogP contribution in [0.3, 0.4) is 0 Å². The van der Waals surface area contributed by atoms with Gasteiger partial charge in [0, 0.05) is 39.0 Å². The molecule has 0 bridgehead atoms. The molecular weight excluding hydrogens is 410 g/mol. The molecule has 0 heterocycles. The van der Waals surface area contributed by atoms with Crippen molar-refractivity contribution in [2.24, 2.45) is 0 Å². The molecule has 0 radical (unpaired) electrons. The van der Waals surface area contributed by atoms with Crippen molar-refractivity contribution >= 4 is 0 Å². The second-order valence-corrected chi connectivity index (χ2v) is 0. The summed E-state index contributed by atoms with van der Waals surface area (Å²) in [5.74, 6) is 0. The molecule has 0 aromatic heterocycles. The van der Waals surface area contributed by atoms with Crippen LogP contribution in [0.5, 0.6) is 0 Å². The molecule has 0 unspecified atom stereocenters. The van der Waals surface area contributed by atoms with Crippen molar-refractivity contribution in [3.63, 3.8) is 0 Å². The van der Waals surface area contributed by atoms with Crippen molar-refractivity contribution in [1.29, 1.82) is 0 Å². The van der Waals surface area contributed by atoms with Gasteiger partial charge in [-0.2, -0.15) is 0 Å². The quantitative estimate of drug-likeness (QED) is 0.509. The van der Waals surface area contributed by atoms with Gasteiger partial charge in [0.2, 0.25) is 0 Å². The molecule has 0 saturated heterocycles. The minimum atomic E-state index is 0. The van der Waals surface area contributed by atoms with Gasteiger partial charge in [0.05, 0.1) is 0 Å². The van der Waals surface area contributed by atoms with Crippen LogP contribution < -0.4 is 0 Å². The third-order valence-electron chi connectivity index (χ3n) is 0. The van der Waals surface area contributed by atoms with E-state index in [-0.39, 0.29) is 39.0 Å². The zero-order chi connectivity index (χ0) is 2.00. The predicted molar refractivity (Wildman–Crippen MR) is 0.686 cm³/mol. The van der Waals surface area contributed by atoms with Crippen LogP contribution in [-0.4, -0.2) is 0 Å². The largest absolute Gasteiger partial charge is 0 e. The minimum Gasteiger partial charge on any atom is 0 e. The maximum Gasteiger partial charge on any atom is 0 e. The Labute approximate surface area is 60.9 Å². The molecule has 0 N–H and O–H groups in total. The fraction of sp³-hybridized carbons (Fsp3) is 0. The first-order valence-electron chi connectivity index (χ1n) is 0.136. The summed E-state index contributed by atoms with van der Waals surface area (Å²) in [6, 6.07) is 0. The summed E-state index contributed by atoms with van der Waals surface area (Å²) < 4.78 is 8.25. The molecule has 0 fully saturated rings. The summed E-state index contributed by atoms with van der Waals surface area (Å²) in [6.07, 6.45) is 0. The fourth-order valence-electron chi connectivity index (χ4n) is 0. The molecule has 1 nitrogen and oxygen atoms in total. The van der Waals surface area contributed by atoms with Gasteiger partial charge >= 0.3 is 22.4 Å². The summed E-state index contributed by atoms with van der Waals surface area (Å²) >= 11 is 0.750. The van der Waals surface area contributed by atoms with Crippen LogP contribution in [0, 0.1) is 0 Å². The van der Waals surface area contributed by atoms with E-state index < -0.39 is 0 Å². The smallest absolute Gasteiger partial charge is 0 e. The first kappa shape index (κ1) is 17.3. The Morgan fingerprint density at radius 1 is 1.00 bits per heavy atom. The first-order chi connectivity index (χ1) is 1.00. The SMILES string of the molecule is [O]=[Ir].[Ru].[Ru]. The topological polar surface area (TPSA) is 17.1 Å². The van der Waals surface area contributed by atoms with Crippen molar-refractivity contribution in [2.45, 2.75) is 0 Å². The van der Waals surface area contributed by atoms with E-state index >= 15 is 0 Å². The van der Waals surface area contributed by atoms with Gasteiger partial charge in [-0.05, 0) is 0 Å². The molecule has 0 spiro atoms.